The van der Waals surface area contributed by atoms with Crippen LogP contribution in [0.4, 0.5) is 5.82 Å². The predicted octanol–water partition coefficient (Wildman–Crippen LogP) is 0.284. The molecule has 1 aromatic rings. The third kappa shape index (κ3) is 4.22. The van der Waals surface area contributed by atoms with Gasteiger partial charge in [-0.25, -0.2) is 19.1 Å². The highest BCUT2D eigenvalue weighted by molar-refractivity contribution is 5.90. The Labute approximate surface area is 107 Å². The second-order valence-electron chi connectivity index (χ2n) is 3.41. The normalized spacial score (nSPS) is 10.6. The summed E-state index contributed by atoms with van der Waals surface area (Å²) in [7, 11) is 0. The first-order chi connectivity index (χ1) is 8.91. The van der Waals surface area contributed by atoms with Crippen LogP contribution in [0.3, 0.4) is 0 Å². The second-order valence-corrected chi connectivity index (χ2v) is 3.41. The van der Waals surface area contributed by atoms with Crippen molar-refractivity contribution in [3.63, 3.8) is 0 Å². The van der Waals surface area contributed by atoms with Crippen LogP contribution in [0.25, 0.3) is 0 Å². The maximum Gasteiger partial charge on any atom is 0.342 e. The smallest absolute Gasteiger partial charge is 0.342 e. The maximum absolute atomic E-state index is 11.0. The molecule has 0 aliphatic rings. The summed E-state index contributed by atoms with van der Waals surface area (Å²) in [4.78, 5) is 35.1. The number of carboxylic acids is 1. The van der Waals surface area contributed by atoms with Crippen LogP contribution in [0, 0.1) is 17.0 Å². The first-order valence-corrected chi connectivity index (χ1v) is 5.16. The fraction of sp³-hybridized carbons (Fsp3) is 0.300. The zero-order valence-corrected chi connectivity index (χ0v) is 9.98. The van der Waals surface area contributed by atoms with E-state index in [1.54, 1.807) is 6.92 Å². The molecule has 0 saturated heterocycles. The number of imidazole rings is 1. The van der Waals surface area contributed by atoms with Crippen LogP contribution in [0.1, 0.15) is 5.82 Å². The van der Waals surface area contributed by atoms with Crippen LogP contribution in [0.2, 0.25) is 0 Å². The van der Waals surface area contributed by atoms with Gasteiger partial charge in [-0.15, -0.1) is 0 Å². The molecule has 0 radical (unpaired) electrons. The topological polar surface area (TPSA) is 125 Å². The van der Waals surface area contributed by atoms with Crippen molar-refractivity contribution in [1.82, 2.24) is 9.55 Å². The van der Waals surface area contributed by atoms with Crippen molar-refractivity contribution in [3.05, 3.63) is 34.3 Å². The number of aromatic nitrogens is 2. The number of carbonyl (C=O) groups excluding carboxylic acids is 1. The predicted molar refractivity (Wildman–Crippen MR) is 61.4 cm³/mol. The molecule has 0 fully saturated rings. The van der Waals surface area contributed by atoms with E-state index in [9.17, 15) is 19.7 Å². The number of nitro groups is 1. The van der Waals surface area contributed by atoms with Crippen molar-refractivity contribution in [2.24, 2.45) is 0 Å². The fourth-order valence-corrected chi connectivity index (χ4v) is 1.30. The van der Waals surface area contributed by atoms with Gasteiger partial charge < -0.3 is 20.0 Å². The minimum absolute atomic E-state index is 0.0643. The summed E-state index contributed by atoms with van der Waals surface area (Å²) in [5, 5.41) is 19.0. The highest BCUT2D eigenvalue weighted by Crippen LogP contribution is 2.12. The van der Waals surface area contributed by atoms with Crippen molar-refractivity contribution < 1.29 is 24.4 Å². The molecule has 0 amide bonds. The zero-order chi connectivity index (χ0) is 14.4. The van der Waals surface area contributed by atoms with Gasteiger partial charge in [-0.1, -0.05) is 0 Å². The number of carbonyl (C=O) groups is 2. The molecule has 0 spiro atoms. The van der Waals surface area contributed by atoms with Crippen LogP contribution in [-0.2, 0) is 20.9 Å². The summed E-state index contributed by atoms with van der Waals surface area (Å²) in [6, 6.07) is 0. The molecule has 0 bridgehead atoms. The summed E-state index contributed by atoms with van der Waals surface area (Å²) < 4.78 is 5.98. The molecule has 0 aromatic carbocycles. The first-order valence-electron chi connectivity index (χ1n) is 5.16. The van der Waals surface area contributed by atoms with Crippen molar-refractivity contribution in [2.45, 2.75) is 13.5 Å². The average Bonchev–Trinajstić information content (AvgIpc) is 2.68. The molecule has 0 aliphatic heterocycles. The lowest BCUT2D eigenvalue weighted by molar-refractivity contribution is -0.392. The van der Waals surface area contributed by atoms with Gasteiger partial charge >= 0.3 is 17.8 Å². The maximum atomic E-state index is 11.0. The minimum Gasteiger partial charge on any atom is -0.478 e. The van der Waals surface area contributed by atoms with Crippen molar-refractivity contribution in [3.8, 4) is 0 Å². The summed E-state index contributed by atoms with van der Waals surface area (Å²) in [6.45, 7) is 1.52. The van der Waals surface area contributed by atoms with Gasteiger partial charge in [0, 0.05) is 19.1 Å². The summed E-state index contributed by atoms with van der Waals surface area (Å²) in [5.74, 6) is -1.88. The highest BCUT2D eigenvalue weighted by atomic mass is 16.6. The Bertz CT molecular complexity index is 533. The molecular formula is C10H11N3O6. The molecule has 9 nitrogen and oxygen atoms in total. The number of aliphatic carboxylic acids is 1. The monoisotopic (exact) mass is 269 g/mol. The summed E-state index contributed by atoms with van der Waals surface area (Å²) >= 11 is 0. The number of hydrogen-bond donors (Lipinski definition) is 1. The van der Waals surface area contributed by atoms with E-state index < -0.39 is 16.9 Å². The summed E-state index contributed by atoms with van der Waals surface area (Å²) in [5.41, 5.74) is 0. The van der Waals surface area contributed by atoms with Gasteiger partial charge in [0.25, 0.3) is 0 Å². The van der Waals surface area contributed by atoms with Crippen molar-refractivity contribution >= 4 is 17.8 Å². The number of aryl methyl sites for hydroxylation is 1. The molecule has 0 aliphatic carbocycles. The molecular weight excluding hydrogens is 258 g/mol. The molecule has 1 aromatic heterocycles. The van der Waals surface area contributed by atoms with Crippen molar-refractivity contribution in [1.29, 1.82) is 0 Å². The van der Waals surface area contributed by atoms with Gasteiger partial charge in [0.1, 0.15) is 19.3 Å². The Morgan fingerprint density at radius 3 is 2.84 bits per heavy atom. The van der Waals surface area contributed by atoms with E-state index in [1.165, 1.54) is 4.57 Å². The molecule has 102 valence electrons. The van der Waals surface area contributed by atoms with Gasteiger partial charge in [-0.05, 0) is 4.92 Å². The van der Waals surface area contributed by atoms with E-state index in [1.807, 2.05) is 0 Å². The van der Waals surface area contributed by atoms with Gasteiger partial charge in [-0.2, -0.15) is 0 Å². The minimum atomic E-state index is -1.27. The highest BCUT2D eigenvalue weighted by Gasteiger charge is 2.17. The van der Waals surface area contributed by atoms with E-state index in [4.69, 9.17) is 9.84 Å². The van der Waals surface area contributed by atoms with Gasteiger partial charge in [0.2, 0.25) is 0 Å². The number of carboxylic acid groups (broad SMARTS) is 1. The Morgan fingerprint density at radius 1 is 1.58 bits per heavy atom. The third-order valence-corrected chi connectivity index (χ3v) is 2.14. The molecule has 19 heavy (non-hydrogen) atoms. The lowest BCUT2D eigenvalue weighted by Crippen LogP contribution is -2.12. The van der Waals surface area contributed by atoms with Crippen molar-refractivity contribution in [2.75, 3.05) is 6.61 Å². The van der Waals surface area contributed by atoms with Gasteiger partial charge in [0.15, 0.2) is 5.82 Å². The van der Waals surface area contributed by atoms with Crippen LogP contribution < -0.4 is 0 Å². The quantitative estimate of drug-likeness (QED) is 0.340. The molecule has 0 atom stereocenters. The van der Waals surface area contributed by atoms with E-state index >= 15 is 0 Å². The van der Waals surface area contributed by atoms with E-state index in [0.29, 0.717) is 11.9 Å². The molecule has 1 N–H and O–H groups in total. The molecule has 0 saturated carbocycles. The first kappa shape index (κ1) is 14.4. The molecule has 1 rings (SSSR count). The fourth-order valence-electron chi connectivity index (χ4n) is 1.30. The zero-order valence-electron chi connectivity index (χ0n) is 9.98. The Balaban J connectivity index is 2.54. The summed E-state index contributed by atoms with van der Waals surface area (Å²) in [6.07, 6.45) is 2.52. The van der Waals surface area contributed by atoms with Gasteiger partial charge in [0.05, 0.1) is 0 Å². The van der Waals surface area contributed by atoms with Gasteiger partial charge in [-0.3, -0.25) is 0 Å². The van der Waals surface area contributed by atoms with Crippen LogP contribution >= 0.6 is 0 Å². The Morgan fingerprint density at radius 2 is 2.26 bits per heavy atom. The van der Waals surface area contributed by atoms with E-state index in [2.05, 4.69) is 4.98 Å². The largest absolute Gasteiger partial charge is 0.478 e. The molecule has 0 unspecified atom stereocenters. The average molecular weight is 269 g/mol. The third-order valence-electron chi connectivity index (χ3n) is 2.14. The van der Waals surface area contributed by atoms with E-state index in [-0.39, 0.29) is 19.0 Å². The number of esters is 1. The number of rotatable bonds is 6. The number of nitrogens with zero attached hydrogens (tertiary/aromatic N) is 3. The number of hydrogen-bond acceptors (Lipinski definition) is 6. The molecule has 1 heterocycles. The Kier molecular flexibility index (Phi) is 4.75. The molecule has 9 heteroatoms. The lowest BCUT2D eigenvalue weighted by Gasteiger charge is -2.03. The number of ether oxygens (including phenoxy) is 1. The van der Waals surface area contributed by atoms with Crippen LogP contribution in [0.5, 0.6) is 0 Å². The standard InChI is InChI=1S/C10H11N3O6/c1-7-11-6-8(13(17)18)12(7)4-5-19-10(16)3-2-9(14)15/h2-3,6H,4-5H2,1H3,(H,14,15)/b3-2-. The second kappa shape index (κ2) is 6.28. The van der Waals surface area contributed by atoms with E-state index in [0.717, 1.165) is 12.3 Å². The lowest BCUT2D eigenvalue weighted by atomic mass is 10.5. The SMILES string of the molecule is Cc1ncc([N+](=O)[O-])n1CCOC(=O)/C=C\C(=O)O. The van der Waals surface area contributed by atoms with Crippen LogP contribution in [-0.4, -0.2) is 38.1 Å². The van der Waals surface area contributed by atoms with Crippen LogP contribution in [0.15, 0.2) is 18.3 Å². The Hall–Kier alpha value is -2.71.